The van der Waals surface area contributed by atoms with Crippen LogP contribution < -0.4 is 4.57 Å². The zero-order chi connectivity index (χ0) is 25.7. The highest BCUT2D eigenvalue weighted by molar-refractivity contribution is 5.97. The number of nitrogens with zero attached hydrogens (tertiary/aromatic N) is 2. The van der Waals surface area contributed by atoms with Crippen LogP contribution in [0.5, 0.6) is 0 Å². The lowest BCUT2D eigenvalue weighted by molar-refractivity contribution is -0.660. The topological polar surface area (TPSA) is 8.24 Å². The van der Waals surface area contributed by atoms with Gasteiger partial charge in [-0.25, -0.2) is 9.41 Å². The van der Waals surface area contributed by atoms with Crippen LogP contribution in [0.4, 0.5) is 5.69 Å². The van der Waals surface area contributed by atoms with Gasteiger partial charge < -0.3 is 0 Å². The Balaban J connectivity index is 1.59. The van der Waals surface area contributed by atoms with Gasteiger partial charge in [0.15, 0.2) is 11.9 Å². The summed E-state index contributed by atoms with van der Waals surface area (Å²) in [6.45, 7) is 14.9. The van der Waals surface area contributed by atoms with Gasteiger partial charge in [-0.15, -0.1) is 0 Å². The van der Waals surface area contributed by atoms with Gasteiger partial charge in [-0.3, -0.25) is 0 Å². The second-order valence-corrected chi connectivity index (χ2v) is 10.4. The van der Waals surface area contributed by atoms with Crippen LogP contribution >= 0.6 is 0 Å². The van der Waals surface area contributed by atoms with Gasteiger partial charge in [0.2, 0.25) is 5.69 Å². The molecular weight excluding hydrogens is 448 g/mol. The van der Waals surface area contributed by atoms with E-state index in [1.54, 1.807) is 0 Å². The first-order chi connectivity index (χ1) is 17.9. The average Bonchev–Trinajstić information content (AvgIpc) is 3.16. The molecule has 0 N–H and O–H groups in total. The van der Waals surface area contributed by atoms with Gasteiger partial charge in [-0.05, 0) is 63.1 Å². The molecule has 0 spiro atoms. The van der Waals surface area contributed by atoms with Crippen LogP contribution in [-0.2, 0) is 12.5 Å². The van der Waals surface area contributed by atoms with Crippen molar-refractivity contribution in [1.29, 1.82) is 0 Å². The minimum absolute atomic E-state index is 0.275. The number of benzene rings is 4. The molecule has 1 aromatic heterocycles. The van der Waals surface area contributed by atoms with E-state index in [-0.39, 0.29) is 5.41 Å². The molecule has 37 heavy (non-hydrogen) atoms. The fraction of sp³-hybridized carbons (Fsp3) is 0.143. The molecule has 1 aliphatic rings. The smallest absolute Gasteiger partial charge is 0.212 e. The van der Waals surface area contributed by atoms with Gasteiger partial charge in [0.05, 0.1) is 12.1 Å². The van der Waals surface area contributed by atoms with Crippen LogP contribution in [0.25, 0.3) is 49.5 Å². The van der Waals surface area contributed by atoms with Crippen molar-refractivity contribution in [3.05, 3.63) is 131 Å². The summed E-state index contributed by atoms with van der Waals surface area (Å²) in [6.07, 6.45) is 2.11. The third kappa shape index (κ3) is 3.51. The summed E-state index contributed by atoms with van der Waals surface area (Å²) in [7, 11) is 2.11. The summed E-state index contributed by atoms with van der Waals surface area (Å²) >= 11 is 0. The zero-order valence-corrected chi connectivity index (χ0v) is 21.7. The molecule has 4 aromatic carbocycles. The Labute approximate surface area is 219 Å². The molecule has 0 bridgehead atoms. The van der Waals surface area contributed by atoms with Crippen molar-refractivity contribution in [3.8, 4) is 44.6 Å². The van der Waals surface area contributed by atoms with E-state index in [2.05, 4.69) is 128 Å². The van der Waals surface area contributed by atoms with E-state index in [4.69, 9.17) is 6.57 Å². The minimum Gasteiger partial charge on any atom is -0.238 e. The largest absolute Gasteiger partial charge is 0.238 e. The van der Waals surface area contributed by atoms with Gasteiger partial charge in [-0.1, -0.05) is 92.7 Å². The lowest BCUT2D eigenvalue weighted by Gasteiger charge is -2.27. The van der Waals surface area contributed by atoms with Gasteiger partial charge in [0, 0.05) is 17.5 Å². The Morgan fingerprint density at radius 3 is 1.92 bits per heavy atom. The highest BCUT2D eigenvalue weighted by Crippen LogP contribution is 2.57. The summed E-state index contributed by atoms with van der Waals surface area (Å²) < 4.78 is 2.20. The Bertz CT molecular complexity index is 1700. The maximum absolute atomic E-state index is 8.02. The molecule has 2 heteroatoms. The Hall–Kier alpha value is -4.48. The SMILES string of the molecule is [C-]#[N+]c1ccc2c(c1-c1ccc(-c3ccccc3)cc1)C(C)(C)c1c-2ccc(C)c1-c1cccc[n+]1C. The monoisotopic (exact) mass is 477 g/mol. The highest BCUT2D eigenvalue weighted by Gasteiger charge is 2.42. The second-order valence-electron chi connectivity index (χ2n) is 10.4. The predicted octanol–water partition coefficient (Wildman–Crippen LogP) is 8.68. The third-order valence-corrected chi connectivity index (χ3v) is 7.85. The average molecular weight is 478 g/mol. The molecule has 0 atom stereocenters. The molecule has 0 aliphatic heterocycles. The van der Waals surface area contributed by atoms with Crippen LogP contribution in [-0.4, -0.2) is 0 Å². The van der Waals surface area contributed by atoms with E-state index in [9.17, 15) is 0 Å². The summed E-state index contributed by atoms with van der Waals surface area (Å²) in [5.41, 5.74) is 13.8. The van der Waals surface area contributed by atoms with Crippen LogP contribution in [0.3, 0.4) is 0 Å². The number of rotatable bonds is 3. The van der Waals surface area contributed by atoms with Crippen molar-refractivity contribution in [1.82, 2.24) is 0 Å². The predicted molar refractivity (Wildman–Crippen MR) is 152 cm³/mol. The highest BCUT2D eigenvalue weighted by atomic mass is 14.9. The van der Waals surface area contributed by atoms with Gasteiger partial charge in [0.1, 0.15) is 7.05 Å². The maximum atomic E-state index is 8.02. The normalized spacial score (nSPS) is 13.1. The van der Waals surface area contributed by atoms with E-state index in [1.807, 2.05) is 12.1 Å². The number of pyridine rings is 1. The fourth-order valence-electron chi connectivity index (χ4n) is 6.13. The van der Waals surface area contributed by atoms with Crippen molar-refractivity contribution in [3.63, 3.8) is 0 Å². The van der Waals surface area contributed by atoms with Crippen molar-refractivity contribution in [2.75, 3.05) is 0 Å². The molecule has 1 aliphatic carbocycles. The first kappa shape index (κ1) is 23.0. The van der Waals surface area contributed by atoms with E-state index < -0.39 is 0 Å². The molecule has 0 unspecified atom stereocenters. The van der Waals surface area contributed by atoms with Crippen LogP contribution in [0.2, 0.25) is 0 Å². The molecule has 0 amide bonds. The number of fused-ring (bicyclic) bond motifs is 3. The number of hydrogen-bond acceptors (Lipinski definition) is 0. The molecule has 1 heterocycles. The van der Waals surface area contributed by atoms with E-state index >= 15 is 0 Å². The summed E-state index contributed by atoms with van der Waals surface area (Å²) in [5.74, 6) is 0. The zero-order valence-electron chi connectivity index (χ0n) is 21.7. The Morgan fingerprint density at radius 1 is 0.649 bits per heavy atom. The van der Waals surface area contributed by atoms with Crippen LogP contribution in [0.15, 0.2) is 103 Å². The molecule has 0 saturated carbocycles. The summed E-state index contributed by atoms with van der Waals surface area (Å²) in [4.78, 5) is 3.99. The van der Waals surface area contributed by atoms with Crippen LogP contribution in [0, 0.1) is 13.5 Å². The quantitative estimate of drug-likeness (QED) is 0.181. The first-order valence-corrected chi connectivity index (χ1v) is 12.7. The molecule has 5 aromatic rings. The Kier molecular flexibility index (Phi) is 5.32. The van der Waals surface area contributed by atoms with Gasteiger partial charge >= 0.3 is 0 Å². The molecular formula is C35H29N2+. The Morgan fingerprint density at radius 2 is 1.24 bits per heavy atom. The number of aromatic nitrogens is 1. The maximum Gasteiger partial charge on any atom is 0.212 e. The van der Waals surface area contributed by atoms with E-state index in [1.165, 1.54) is 50.2 Å². The molecule has 0 fully saturated rings. The molecule has 178 valence electrons. The summed E-state index contributed by atoms with van der Waals surface area (Å²) in [6, 6.07) is 34.2. The lowest BCUT2D eigenvalue weighted by atomic mass is 9.75. The van der Waals surface area contributed by atoms with E-state index in [0.717, 1.165) is 11.1 Å². The first-order valence-electron chi connectivity index (χ1n) is 12.7. The van der Waals surface area contributed by atoms with Crippen molar-refractivity contribution in [2.45, 2.75) is 26.2 Å². The molecule has 6 rings (SSSR count). The van der Waals surface area contributed by atoms with Gasteiger partial charge in [-0.2, -0.15) is 0 Å². The fourth-order valence-corrected chi connectivity index (χ4v) is 6.13. The van der Waals surface area contributed by atoms with Gasteiger partial charge in [0.25, 0.3) is 0 Å². The van der Waals surface area contributed by atoms with Crippen molar-refractivity contribution in [2.24, 2.45) is 7.05 Å². The van der Waals surface area contributed by atoms with Crippen LogP contribution in [0.1, 0.15) is 30.5 Å². The number of hydrogen-bond donors (Lipinski definition) is 0. The van der Waals surface area contributed by atoms with E-state index in [0.29, 0.717) is 5.69 Å². The second kappa shape index (κ2) is 8.57. The molecule has 2 nitrogen and oxygen atoms in total. The van der Waals surface area contributed by atoms with Crippen molar-refractivity contribution >= 4 is 5.69 Å². The third-order valence-electron chi connectivity index (χ3n) is 7.85. The number of aryl methyl sites for hydroxylation is 2. The minimum atomic E-state index is -0.275. The molecule has 0 radical (unpaired) electrons. The summed E-state index contributed by atoms with van der Waals surface area (Å²) in [5, 5.41) is 0. The standard InChI is InChI=1S/C35H29N2/c1-23-14-19-27-28-20-21-29(36-4)32(26-17-15-25(16-18-26)24-11-7-6-8-12-24)34(28)35(2,3)33(27)31(23)30-13-9-10-22-37(30)5/h6-22H,1-3,5H3/q+1. The molecule has 0 saturated heterocycles. The lowest BCUT2D eigenvalue weighted by Crippen LogP contribution is -2.31. The van der Waals surface area contributed by atoms with Crippen molar-refractivity contribution < 1.29 is 4.57 Å².